The van der Waals surface area contributed by atoms with Gasteiger partial charge in [-0.3, -0.25) is 0 Å². The Bertz CT molecular complexity index is 684. The van der Waals surface area contributed by atoms with E-state index in [0.717, 1.165) is 19.4 Å². The summed E-state index contributed by atoms with van der Waals surface area (Å²) in [6, 6.07) is 11.5. The fourth-order valence-electron chi connectivity index (χ4n) is 4.06. The number of hydrogen-bond donors (Lipinski definition) is 0. The first kappa shape index (κ1) is 14.7. The average Bonchev–Trinajstić information content (AvgIpc) is 3.05. The summed E-state index contributed by atoms with van der Waals surface area (Å²) in [5, 5.41) is 0. The summed E-state index contributed by atoms with van der Waals surface area (Å²) in [6.45, 7) is 0.815. The largest absolute Gasteiger partial charge is 0.493 e. The molecule has 0 spiro atoms. The first-order chi connectivity index (χ1) is 11.3. The number of fused-ring (bicyclic) bond motifs is 1. The van der Waals surface area contributed by atoms with Gasteiger partial charge in [-0.05, 0) is 59.6 Å². The van der Waals surface area contributed by atoms with Crippen LogP contribution in [0.5, 0.6) is 5.75 Å². The molecule has 120 valence electrons. The van der Waals surface area contributed by atoms with Gasteiger partial charge < -0.3 is 4.74 Å². The molecule has 1 aliphatic heterocycles. The Morgan fingerprint density at radius 2 is 1.74 bits per heavy atom. The molecule has 0 atom stereocenters. The van der Waals surface area contributed by atoms with Crippen LogP contribution in [0.1, 0.15) is 60.3 Å². The van der Waals surface area contributed by atoms with Gasteiger partial charge in [-0.2, -0.15) is 0 Å². The van der Waals surface area contributed by atoms with Gasteiger partial charge in [0.1, 0.15) is 11.6 Å². The predicted molar refractivity (Wildman–Crippen MR) is 90.7 cm³/mol. The van der Waals surface area contributed by atoms with Crippen LogP contribution in [0.4, 0.5) is 4.39 Å². The molecule has 1 aliphatic carbocycles. The van der Waals surface area contributed by atoms with Crippen molar-refractivity contribution in [2.75, 3.05) is 6.61 Å². The minimum Gasteiger partial charge on any atom is -0.493 e. The van der Waals surface area contributed by atoms with Gasteiger partial charge in [0.15, 0.2) is 0 Å². The summed E-state index contributed by atoms with van der Waals surface area (Å²) >= 11 is 0. The Morgan fingerprint density at radius 3 is 2.52 bits per heavy atom. The van der Waals surface area contributed by atoms with Crippen molar-refractivity contribution in [3.63, 3.8) is 0 Å². The quantitative estimate of drug-likeness (QED) is 0.737. The SMILES string of the molecule is Fc1ccc(Cc2cc3c(c(C4CCCCC4)c2)OCC3)cc1. The van der Waals surface area contributed by atoms with Crippen LogP contribution in [0.2, 0.25) is 0 Å². The Hall–Kier alpha value is -1.83. The summed E-state index contributed by atoms with van der Waals surface area (Å²) in [7, 11) is 0. The Labute approximate surface area is 137 Å². The molecule has 2 aromatic carbocycles. The molecule has 2 heteroatoms. The molecule has 4 rings (SSSR count). The standard InChI is InChI=1S/C21H23FO/c22-19-8-6-15(7-9-19)12-16-13-18-10-11-23-21(18)20(14-16)17-4-2-1-3-5-17/h6-9,13-14,17H,1-5,10-12H2. The summed E-state index contributed by atoms with van der Waals surface area (Å²) in [6.07, 6.45) is 8.50. The van der Waals surface area contributed by atoms with Gasteiger partial charge in [0, 0.05) is 6.42 Å². The van der Waals surface area contributed by atoms with Gasteiger partial charge in [0.05, 0.1) is 6.61 Å². The maximum absolute atomic E-state index is 13.1. The van der Waals surface area contributed by atoms with Crippen LogP contribution < -0.4 is 4.74 Å². The van der Waals surface area contributed by atoms with Gasteiger partial charge in [0.2, 0.25) is 0 Å². The minimum atomic E-state index is -0.168. The summed E-state index contributed by atoms with van der Waals surface area (Å²) in [4.78, 5) is 0. The lowest BCUT2D eigenvalue weighted by molar-refractivity contribution is 0.344. The van der Waals surface area contributed by atoms with E-state index >= 15 is 0 Å². The molecule has 0 aromatic heterocycles. The van der Waals surface area contributed by atoms with E-state index in [4.69, 9.17) is 4.74 Å². The highest BCUT2D eigenvalue weighted by atomic mass is 19.1. The monoisotopic (exact) mass is 310 g/mol. The Balaban J connectivity index is 1.66. The van der Waals surface area contributed by atoms with Gasteiger partial charge in [-0.1, -0.05) is 43.5 Å². The lowest BCUT2D eigenvalue weighted by Gasteiger charge is -2.24. The molecule has 1 saturated carbocycles. The highest BCUT2D eigenvalue weighted by Gasteiger charge is 2.24. The van der Waals surface area contributed by atoms with Gasteiger partial charge in [0.25, 0.3) is 0 Å². The Morgan fingerprint density at radius 1 is 0.957 bits per heavy atom. The third kappa shape index (κ3) is 3.12. The van der Waals surface area contributed by atoms with Crippen LogP contribution in [0.15, 0.2) is 36.4 Å². The predicted octanol–water partition coefficient (Wildman–Crippen LogP) is 5.40. The van der Waals surface area contributed by atoms with Crippen molar-refractivity contribution >= 4 is 0 Å². The van der Waals surface area contributed by atoms with E-state index < -0.39 is 0 Å². The minimum absolute atomic E-state index is 0.168. The molecule has 23 heavy (non-hydrogen) atoms. The van der Waals surface area contributed by atoms with Crippen LogP contribution >= 0.6 is 0 Å². The Kier molecular flexibility index (Phi) is 4.07. The highest BCUT2D eigenvalue weighted by Crippen LogP contribution is 2.42. The summed E-state index contributed by atoms with van der Waals surface area (Å²) in [5.74, 6) is 1.66. The normalized spacial score (nSPS) is 17.8. The second kappa shape index (κ2) is 6.35. The van der Waals surface area contributed by atoms with E-state index in [9.17, 15) is 4.39 Å². The van der Waals surface area contributed by atoms with Crippen molar-refractivity contribution in [3.05, 3.63) is 64.5 Å². The van der Waals surface area contributed by atoms with Gasteiger partial charge in [-0.25, -0.2) is 4.39 Å². The molecular weight excluding hydrogens is 287 g/mol. The number of benzene rings is 2. The zero-order valence-corrected chi connectivity index (χ0v) is 13.5. The molecule has 0 amide bonds. The van der Waals surface area contributed by atoms with Gasteiger partial charge in [-0.15, -0.1) is 0 Å². The van der Waals surface area contributed by atoms with Crippen LogP contribution in [0, 0.1) is 5.82 Å². The molecule has 1 nitrogen and oxygen atoms in total. The van der Waals surface area contributed by atoms with Crippen molar-refractivity contribution in [2.24, 2.45) is 0 Å². The van der Waals surface area contributed by atoms with E-state index in [0.29, 0.717) is 5.92 Å². The highest BCUT2D eigenvalue weighted by molar-refractivity contribution is 5.49. The van der Waals surface area contributed by atoms with Crippen molar-refractivity contribution < 1.29 is 9.13 Å². The molecule has 2 aliphatic rings. The molecule has 0 unspecified atom stereocenters. The summed E-state index contributed by atoms with van der Waals surface area (Å²) in [5.41, 5.74) is 5.29. The topological polar surface area (TPSA) is 9.23 Å². The maximum atomic E-state index is 13.1. The lowest BCUT2D eigenvalue weighted by Crippen LogP contribution is -2.07. The number of hydrogen-bond acceptors (Lipinski definition) is 1. The van der Waals surface area contributed by atoms with E-state index in [-0.39, 0.29) is 5.82 Å². The third-order valence-corrected chi connectivity index (χ3v) is 5.24. The molecule has 1 fully saturated rings. The molecule has 2 aromatic rings. The van der Waals surface area contributed by atoms with Crippen molar-refractivity contribution in [3.8, 4) is 5.75 Å². The fourth-order valence-corrected chi connectivity index (χ4v) is 4.06. The van der Waals surface area contributed by atoms with Crippen LogP contribution in [0.3, 0.4) is 0 Å². The first-order valence-electron chi connectivity index (χ1n) is 8.82. The van der Waals surface area contributed by atoms with Gasteiger partial charge >= 0.3 is 0 Å². The molecule has 0 bridgehead atoms. The number of ether oxygens (including phenoxy) is 1. The lowest BCUT2D eigenvalue weighted by atomic mass is 9.82. The van der Waals surface area contributed by atoms with Crippen LogP contribution in [-0.4, -0.2) is 6.61 Å². The second-order valence-corrected chi connectivity index (χ2v) is 6.91. The first-order valence-corrected chi connectivity index (χ1v) is 8.82. The van der Waals surface area contributed by atoms with Crippen molar-refractivity contribution in [1.82, 2.24) is 0 Å². The zero-order chi connectivity index (χ0) is 15.6. The van der Waals surface area contributed by atoms with Crippen molar-refractivity contribution in [1.29, 1.82) is 0 Å². The molecule has 0 saturated heterocycles. The number of rotatable bonds is 3. The fraction of sp³-hybridized carbons (Fsp3) is 0.429. The van der Waals surface area contributed by atoms with E-state index in [1.807, 2.05) is 12.1 Å². The third-order valence-electron chi connectivity index (χ3n) is 5.24. The smallest absolute Gasteiger partial charge is 0.126 e. The zero-order valence-electron chi connectivity index (χ0n) is 13.5. The van der Waals surface area contributed by atoms with Crippen LogP contribution in [-0.2, 0) is 12.8 Å². The maximum Gasteiger partial charge on any atom is 0.126 e. The molecular formula is C21H23FO. The van der Waals surface area contributed by atoms with Crippen molar-refractivity contribution in [2.45, 2.75) is 50.9 Å². The van der Waals surface area contributed by atoms with Crippen LogP contribution in [0.25, 0.3) is 0 Å². The average molecular weight is 310 g/mol. The molecule has 0 radical (unpaired) electrons. The summed E-state index contributed by atoms with van der Waals surface area (Å²) < 4.78 is 19.0. The molecule has 1 heterocycles. The molecule has 0 N–H and O–H groups in total. The van der Waals surface area contributed by atoms with E-state index in [1.54, 1.807) is 12.1 Å². The van der Waals surface area contributed by atoms with E-state index in [1.165, 1.54) is 60.1 Å². The second-order valence-electron chi connectivity index (χ2n) is 6.91. The number of halogens is 1. The van der Waals surface area contributed by atoms with E-state index in [2.05, 4.69) is 12.1 Å².